The third kappa shape index (κ3) is 35.4. The summed E-state index contributed by atoms with van der Waals surface area (Å²) >= 11 is 11.6. The molecule has 7 rings (SSSR count). The first-order valence-electron chi connectivity index (χ1n) is 28.5. The lowest BCUT2D eigenvalue weighted by molar-refractivity contribution is -0.117. The number of halogens is 3. The van der Waals surface area contributed by atoms with Gasteiger partial charge in [-0.25, -0.2) is 4.39 Å². The molecule has 0 aliphatic rings. The SMILES string of the molecule is CC(=O)c1cc(C(C)=O)cc(C(C)=O)c1.CC(=O)c1ccc(C)c(C)c1.CC(=O)c1cccc(C)c1.COCCC(Cl)COC.COc1ccc(C(C)=O)cc1.COc1ccc(CCC(C)=O)cc1.COc1ccc(F)cc1OC.COc1ccc(OC)c(Cl)c1. The summed E-state index contributed by atoms with van der Waals surface area (Å²) in [5.41, 5.74) is 8.21. The molecule has 7 aromatic rings. The van der Waals surface area contributed by atoms with Crippen LogP contribution in [0.25, 0.3) is 0 Å². The number of benzene rings is 7. The third-order valence-electron chi connectivity index (χ3n) is 12.6. The molecule has 0 saturated carbocycles. The number of carbonyl (C=O) groups excluding carboxylic acids is 7. The summed E-state index contributed by atoms with van der Waals surface area (Å²) in [5, 5.41) is 0.654. The second-order valence-corrected chi connectivity index (χ2v) is 20.9. The summed E-state index contributed by atoms with van der Waals surface area (Å²) in [7, 11) is 12.7. The number of hydrogen-bond acceptors (Lipinski definition) is 15. The molecule has 0 spiro atoms. The van der Waals surface area contributed by atoms with Crippen molar-refractivity contribution in [2.45, 2.75) is 93.9 Å². The van der Waals surface area contributed by atoms with E-state index in [1.54, 1.807) is 113 Å². The van der Waals surface area contributed by atoms with E-state index in [0.29, 0.717) is 64.2 Å². The Morgan fingerprint density at radius 1 is 0.418 bits per heavy atom. The topological polar surface area (TPSA) is 193 Å². The Labute approximate surface area is 547 Å². The van der Waals surface area contributed by atoms with Gasteiger partial charge in [-0.1, -0.05) is 59.6 Å². The fourth-order valence-corrected chi connectivity index (χ4v) is 7.56. The quantitative estimate of drug-likeness (QED) is 0.0516. The van der Waals surface area contributed by atoms with Gasteiger partial charge in [0.05, 0.1) is 59.7 Å². The summed E-state index contributed by atoms with van der Waals surface area (Å²) < 4.78 is 51.8. The maximum absolute atomic E-state index is 12.5. The van der Waals surface area contributed by atoms with Gasteiger partial charge in [-0.15, -0.1) is 11.6 Å². The molecule has 15 nitrogen and oxygen atoms in total. The van der Waals surface area contributed by atoms with Crippen LogP contribution in [0.5, 0.6) is 34.5 Å². The van der Waals surface area contributed by atoms with E-state index in [1.807, 2.05) is 87.5 Å². The van der Waals surface area contributed by atoms with E-state index in [4.69, 9.17) is 61.1 Å². The highest BCUT2D eigenvalue weighted by Crippen LogP contribution is 2.28. The summed E-state index contributed by atoms with van der Waals surface area (Å²) in [6, 6.07) is 42.1. The fraction of sp³-hybridized carbons (Fsp3) is 0.329. The summed E-state index contributed by atoms with van der Waals surface area (Å²) in [6.07, 6.45) is 2.29. The molecule has 0 heterocycles. The first-order chi connectivity index (χ1) is 43.0. The van der Waals surface area contributed by atoms with Crippen molar-refractivity contribution in [2.75, 3.05) is 70.1 Å². The minimum absolute atomic E-state index is 0.0765. The van der Waals surface area contributed by atoms with Crippen molar-refractivity contribution < 1.29 is 75.8 Å². The van der Waals surface area contributed by atoms with Crippen molar-refractivity contribution in [3.05, 3.63) is 212 Å². The molecule has 0 saturated heterocycles. The van der Waals surface area contributed by atoms with Gasteiger partial charge in [0.2, 0.25) is 0 Å². The Hall–Kier alpha value is -8.54. The number of alkyl halides is 1. The number of hydrogen-bond donors (Lipinski definition) is 0. The molecule has 91 heavy (non-hydrogen) atoms. The van der Waals surface area contributed by atoms with E-state index in [9.17, 15) is 38.0 Å². The average Bonchev–Trinajstić information content (AvgIpc) is 1.50. The van der Waals surface area contributed by atoms with Crippen molar-refractivity contribution in [3.63, 3.8) is 0 Å². The second kappa shape index (κ2) is 46.5. The molecular formula is C73H89Cl2FO15. The molecule has 18 heteroatoms. The summed E-state index contributed by atoms with van der Waals surface area (Å²) in [4.78, 5) is 76.7. The number of ketones is 7. The molecule has 492 valence electrons. The molecule has 1 atom stereocenters. The lowest BCUT2D eigenvalue weighted by Crippen LogP contribution is -2.09. The van der Waals surface area contributed by atoms with E-state index in [0.717, 1.165) is 46.8 Å². The van der Waals surface area contributed by atoms with Crippen LogP contribution < -0.4 is 28.4 Å². The molecule has 0 radical (unpaired) electrons. The van der Waals surface area contributed by atoms with E-state index < -0.39 is 0 Å². The number of carbonyl (C=O) groups is 7. The number of rotatable bonds is 20. The molecule has 0 bridgehead atoms. The standard InChI is InChI=1S/C12H12O3.C11H14O2.C10H12O.C9H10O2.C9H10O.C8H9ClO2.C8H9FO2.C6H13ClO2/c1-7(13)10-4-11(8(2)14)6-12(5-10)9(3)15;1-9(12)3-4-10-5-7-11(13-2)8-6-10;1-7-4-5-10(9(3)11)6-8(7)2;1-7(10)8-3-5-9(11-2)6-4-8;1-7-4-3-5-9(6-7)8(2)10;1-10-6-3-4-8(11-2)7(9)5-6;1-10-7-4-3-6(9)5-8(7)11-2;1-8-4-3-6(7)5-9-2/h4-6H,1-3H3;5-8H,3-4H2,1-2H3;4-6H,1-3H3;3-6H,1-2H3;3-6H,1-2H3;2*3-5H,1-2H3;6H,3-5H2,1-2H3. The molecule has 0 aliphatic carbocycles. The van der Waals surface area contributed by atoms with Crippen LogP contribution >= 0.6 is 23.2 Å². The van der Waals surface area contributed by atoms with Crippen molar-refractivity contribution in [3.8, 4) is 34.5 Å². The van der Waals surface area contributed by atoms with Crippen molar-refractivity contribution >= 4 is 63.7 Å². The van der Waals surface area contributed by atoms with Gasteiger partial charge in [-0.3, -0.25) is 28.8 Å². The number of aryl methyl sites for hydroxylation is 4. The van der Waals surface area contributed by atoms with Crippen molar-refractivity contribution in [1.29, 1.82) is 0 Å². The number of Topliss-reactive ketones (excluding diaryl/α,β-unsaturated/α-hetero) is 7. The third-order valence-corrected chi connectivity index (χ3v) is 13.2. The predicted molar refractivity (Wildman–Crippen MR) is 361 cm³/mol. The molecule has 0 aliphatic heterocycles. The van der Waals surface area contributed by atoms with Gasteiger partial charge in [-0.05, 0) is 190 Å². The van der Waals surface area contributed by atoms with E-state index in [-0.39, 0.29) is 51.7 Å². The molecule has 0 amide bonds. The van der Waals surface area contributed by atoms with Crippen LogP contribution in [0.15, 0.2) is 146 Å². The van der Waals surface area contributed by atoms with Gasteiger partial charge < -0.3 is 42.7 Å². The molecule has 1 unspecified atom stereocenters. The van der Waals surface area contributed by atoms with E-state index in [2.05, 4.69) is 0 Å². The van der Waals surface area contributed by atoms with Crippen LogP contribution in [0.3, 0.4) is 0 Å². The maximum Gasteiger partial charge on any atom is 0.163 e. The van der Waals surface area contributed by atoms with E-state index >= 15 is 0 Å². The summed E-state index contributed by atoms with van der Waals surface area (Å²) in [6.45, 7) is 17.9. The van der Waals surface area contributed by atoms with Gasteiger partial charge in [0.15, 0.2) is 46.2 Å². The number of methoxy groups -OCH3 is 8. The first kappa shape index (κ1) is 82.5. The van der Waals surface area contributed by atoms with Gasteiger partial charge >= 0.3 is 0 Å². The lowest BCUT2D eigenvalue weighted by Gasteiger charge is -2.05. The normalized spacial score (nSPS) is 9.95. The highest BCUT2D eigenvalue weighted by atomic mass is 35.5. The van der Waals surface area contributed by atoms with E-state index in [1.165, 1.54) is 88.1 Å². The highest BCUT2D eigenvalue weighted by molar-refractivity contribution is 6.32. The highest BCUT2D eigenvalue weighted by Gasteiger charge is 2.11. The van der Waals surface area contributed by atoms with Crippen LogP contribution in [0.2, 0.25) is 5.02 Å². The zero-order chi connectivity index (χ0) is 69.2. The Balaban J connectivity index is 0.00000102. The average molecular weight is 1300 g/mol. The Bertz CT molecular complexity index is 3280. The van der Waals surface area contributed by atoms with Gasteiger partial charge in [0.25, 0.3) is 0 Å². The van der Waals surface area contributed by atoms with Crippen LogP contribution in [0, 0.1) is 26.6 Å². The zero-order valence-corrected chi connectivity index (χ0v) is 57.2. The van der Waals surface area contributed by atoms with Crippen LogP contribution in [-0.4, -0.2) is 116 Å². The van der Waals surface area contributed by atoms with Gasteiger partial charge in [0.1, 0.15) is 34.6 Å². The second-order valence-electron chi connectivity index (χ2n) is 19.9. The zero-order valence-electron chi connectivity index (χ0n) is 55.7. The molecule has 0 N–H and O–H groups in total. The first-order valence-corrected chi connectivity index (χ1v) is 29.3. The molecule has 0 fully saturated rings. The molecule has 7 aromatic carbocycles. The van der Waals surface area contributed by atoms with Crippen molar-refractivity contribution in [2.24, 2.45) is 0 Å². The Morgan fingerprint density at radius 2 is 0.857 bits per heavy atom. The van der Waals surface area contributed by atoms with Gasteiger partial charge in [-0.2, -0.15) is 0 Å². The lowest BCUT2D eigenvalue weighted by atomic mass is 10.00. The fourth-order valence-electron chi connectivity index (χ4n) is 7.09. The van der Waals surface area contributed by atoms with Crippen LogP contribution in [0.4, 0.5) is 4.39 Å². The molecule has 0 aromatic heterocycles. The Morgan fingerprint density at radius 3 is 1.24 bits per heavy atom. The Kier molecular flexibility index (Phi) is 42.2. The minimum atomic E-state index is -0.331. The van der Waals surface area contributed by atoms with Crippen molar-refractivity contribution in [1.82, 2.24) is 0 Å². The van der Waals surface area contributed by atoms with Crippen LogP contribution in [-0.2, 0) is 20.7 Å². The van der Waals surface area contributed by atoms with Crippen LogP contribution in [0.1, 0.15) is 146 Å². The number of ether oxygens (including phenoxy) is 8. The minimum Gasteiger partial charge on any atom is -0.497 e. The smallest absolute Gasteiger partial charge is 0.163 e. The predicted octanol–water partition coefficient (Wildman–Crippen LogP) is 16.6. The largest absolute Gasteiger partial charge is 0.497 e. The monoisotopic (exact) mass is 1290 g/mol. The maximum atomic E-state index is 12.5. The summed E-state index contributed by atoms with van der Waals surface area (Å²) in [5.74, 6) is 3.75. The molecular weight excluding hydrogens is 1210 g/mol. The van der Waals surface area contributed by atoms with Gasteiger partial charge in [0, 0.05) is 72.8 Å².